The van der Waals surface area contributed by atoms with Crippen molar-refractivity contribution in [3.63, 3.8) is 0 Å². The molecule has 0 aromatic heterocycles. The first-order valence-electron chi connectivity index (χ1n) is 4.92. The van der Waals surface area contributed by atoms with E-state index in [0.717, 1.165) is 17.8 Å². The Morgan fingerprint density at radius 2 is 1.92 bits per heavy atom. The van der Waals surface area contributed by atoms with E-state index in [-0.39, 0.29) is 0 Å². The average Bonchev–Trinajstić information content (AvgIpc) is 1.94. The summed E-state index contributed by atoms with van der Waals surface area (Å²) in [6, 6.07) is 0. The van der Waals surface area contributed by atoms with E-state index in [0.29, 0.717) is 0 Å². The van der Waals surface area contributed by atoms with Crippen molar-refractivity contribution >= 4 is 0 Å². The van der Waals surface area contributed by atoms with Crippen molar-refractivity contribution in [3.05, 3.63) is 5.92 Å². The van der Waals surface area contributed by atoms with Crippen LogP contribution < -0.4 is 0 Å². The van der Waals surface area contributed by atoms with Crippen LogP contribution in [0.1, 0.15) is 47.0 Å². The summed E-state index contributed by atoms with van der Waals surface area (Å²) in [4.78, 5) is 0. The van der Waals surface area contributed by atoms with E-state index in [1.54, 1.807) is 5.92 Å². The van der Waals surface area contributed by atoms with E-state index < -0.39 is 0 Å². The average molecular weight is 415 g/mol. The van der Waals surface area contributed by atoms with Gasteiger partial charge in [0.15, 0.2) is 0 Å². The van der Waals surface area contributed by atoms with Gasteiger partial charge >= 0.3 is 0 Å². The van der Waals surface area contributed by atoms with Crippen molar-refractivity contribution in [1.82, 2.24) is 0 Å². The maximum atomic E-state index is 2.41. The van der Waals surface area contributed by atoms with E-state index in [9.17, 15) is 0 Å². The van der Waals surface area contributed by atoms with Crippen molar-refractivity contribution in [1.29, 1.82) is 0 Å². The van der Waals surface area contributed by atoms with Crippen LogP contribution in [0, 0.1) is 23.7 Å². The standard InChI is InChI=1S/C11H21.Lr/c1-8(2)11-7-9(3)5-6-10(11)4;/h8,10-11H,5-7H2,1-4H3;/q-1;/t10-,11-;/m0./s1. The summed E-state index contributed by atoms with van der Waals surface area (Å²) in [7, 11) is 0. The number of hydrogen-bond acceptors (Lipinski definition) is 0. The Hall–Kier alpha value is -1.00. The molecule has 0 aromatic rings. The van der Waals surface area contributed by atoms with Gasteiger partial charge in [0, 0.05) is 0 Å². The van der Waals surface area contributed by atoms with Gasteiger partial charge in [0.1, 0.15) is 0 Å². The molecule has 0 amide bonds. The minimum absolute atomic E-state index is 0. The van der Waals surface area contributed by atoms with Gasteiger partial charge in [0.25, 0.3) is 0 Å². The van der Waals surface area contributed by atoms with Crippen molar-refractivity contribution in [2.75, 3.05) is 0 Å². The van der Waals surface area contributed by atoms with Gasteiger partial charge in [-0.15, -0.1) is 0 Å². The molecule has 0 heterocycles. The molecule has 0 saturated heterocycles. The van der Waals surface area contributed by atoms with Gasteiger partial charge in [-0.2, -0.15) is 19.8 Å². The third kappa shape index (κ3) is 2.25. The van der Waals surface area contributed by atoms with E-state index in [4.69, 9.17) is 0 Å². The second-order valence-electron chi connectivity index (χ2n) is 4.59. The molecule has 12 heavy (non-hydrogen) atoms. The topological polar surface area (TPSA) is 0 Å². The van der Waals surface area contributed by atoms with E-state index >= 15 is 0 Å². The van der Waals surface area contributed by atoms with Gasteiger partial charge in [-0.25, -0.2) is 0 Å². The predicted octanol–water partition coefficient (Wildman–Crippen LogP) is 3.67. The van der Waals surface area contributed by atoms with Crippen molar-refractivity contribution in [3.8, 4) is 0 Å². The van der Waals surface area contributed by atoms with Crippen LogP contribution in [-0.2, 0) is 0 Å². The van der Waals surface area contributed by atoms with Crippen LogP contribution in [0.3, 0.4) is 0 Å². The molecule has 0 bridgehead atoms. The summed E-state index contributed by atoms with van der Waals surface area (Å²) in [5, 5.41) is 0. The van der Waals surface area contributed by atoms with Crippen LogP contribution >= 0.6 is 0 Å². The van der Waals surface area contributed by atoms with Gasteiger partial charge in [0.2, 0.25) is 0 Å². The molecule has 1 aliphatic rings. The van der Waals surface area contributed by atoms with E-state index in [1.807, 2.05) is 0 Å². The van der Waals surface area contributed by atoms with Gasteiger partial charge in [0.05, 0.1) is 0 Å². The van der Waals surface area contributed by atoms with Gasteiger partial charge in [-0.3, -0.25) is 0 Å². The maximum absolute atomic E-state index is 2.41. The minimum atomic E-state index is 0. The molecular weight excluding hydrogens is 394 g/mol. The van der Waals surface area contributed by atoms with E-state index in [2.05, 4.69) is 27.7 Å². The Labute approximate surface area is 71.4 Å². The van der Waals surface area contributed by atoms with Gasteiger partial charge in [-0.05, 0) is 11.8 Å². The molecule has 0 aliphatic heterocycles. The Morgan fingerprint density at radius 1 is 1.33 bits per heavy atom. The van der Waals surface area contributed by atoms with Crippen LogP contribution in [0.2, 0.25) is 0 Å². The fourth-order valence-corrected chi connectivity index (χ4v) is 2.29. The molecule has 0 N–H and O–H groups in total. The van der Waals surface area contributed by atoms with Crippen molar-refractivity contribution in [2.45, 2.75) is 47.0 Å². The zero-order valence-corrected chi connectivity index (χ0v) is 10.8. The normalized spacial score (nSPS) is 31.8. The molecule has 1 fully saturated rings. The molecule has 81 valence electrons. The molecule has 0 spiro atoms. The van der Waals surface area contributed by atoms with Gasteiger partial charge in [-0.1, -0.05) is 33.1 Å². The second-order valence-corrected chi connectivity index (χ2v) is 4.59. The summed E-state index contributed by atoms with van der Waals surface area (Å²) < 4.78 is 0. The molecule has 1 aliphatic carbocycles. The molecular formula is C11H21Lr-. The van der Waals surface area contributed by atoms with Crippen molar-refractivity contribution in [2.24, 2.45) is 17.8 Å². The zero-order chi connectivity index (χ0) is 8.43. The summed E-state index contributed by atoms with van der Waals surface area (Å²) in [5.74, 6) is 4.52. The Balaban J connectivity index is 0.00000121. The van der Waals surface area contributed by atoms with Crippen LogP contribution in [0.5, 0.6) is 0 Å². The van der Waals surface area contributed by atoms with Crippen LogP contribution in [-0.4, -0.2) is 0 Å². The van der Waals surface area contributed by atoms with E-state index in [1.165, 1.54) is 19.3 Å². The SMILES string of the molecule is C[C-]1CC[C@H](C)[C@H](C(C)C)C1.[Lr]. The van der Waals surface area contributed by atoms with Crippen LogP contribution in [0.25, 0.3) is 0 Å². The zero-order valence-electron chi connectivity index (χ0n) is 8.61. The molecule has 0 unspecified atom stereocenters. The minimum Gasteiger partial charge on any atom is -0.316 e. The molecule has 0 aromatic carbocycles. The van der Waals surface area contributed by atoms with Crippen molar-refractivity contribution < 1.29 is 0 Å². The first-order valence-corrected chi connectivity index (χ1v) is 4.92. The Kier molecular flexibility index (Phi) is 3.79. The Bertz CT molecular complexity index is 120. The fourth-order valence-electron chi connectivity index (χ4n) is 2.29. The molecule has 1 rings (SSSR count). The van der Waals surface area contributed by atoms with Crippen LogP contribution in [0.4, 0.5) is 0 Å². The summed E-state index contributed by atoms with van der Waals surface area (Å²) in [5.41, 5.74) is 0. The first kappa shape index (κ1) is 11.0. The molecule has 1 heteroatoms. The second kappa shape index (κ2) is 4.13. The monoisotopic (exact) mass is 415 g/mol. The smallest absolute Gasteiger partial charge is 0 e. The first-order chi connectivity index (χ1) is 5.11. The predicted molar refractivity (Wildman–Crippen MR) is 50.3 cm³/mol. The molecule has 1 radical (unpaired) electrons. The third-order valence-electron chi connectivity index (χ3n) is 3.20. The number of hydrogen-bond donors (Lipinski definition) is 0. The fraction of sp³-hybridized carbons (Fsp3) is 0.909. The maximum Gasteiger partial charge on any atom is 0 e. The summed E-state index contributed by atoms with van der Waals surface area (Å²) >= 11 is 0. The van der Waals surface area contributed by atoms with Crippen LogP contribution in [0.15, 0.2) is 0 Å². The largest absolute Gasteiger partial charge is 0.316 e. The van der Waals surface area contributed by atoms with Gasteiger partial charge < -0.3 is 5.92 Å². The molecule has 1 saturated carbocycles. The Morgan fingerprint density at radius 3 is 2.33 bits per heavy atom. The number of rotatable bonds is 1. The quantitative estimate of drug-likeness (QED) is 0.574. The molecule has 0 nitrogen and oxygen atoms in total. The third-order valence-corrected chi connectivity index (χ3v) is 3.20. The molecule has 2 atom stereocenters. The summed E-state index contributed by atoms with van der Waals surface area (Å²) in [6.45, 7) is 9.46. The summed E-state index contributed by atoms with van der Waals surface area (Å²) in [6.07, 6.45) is 4.19.